The topological polar surface area (TPSA) is 66.4 Å². The molecule has 0 heterocycles. The Morgan fingerprint density at radius 1 is 1.38 bits per heavy atom. The van der Waals surface area contributed by atoms with Crippen LogP contribution in [-0.4, -0.2) is 25.7 Å². The zero-order valence-electron chi connectivity index (χ0n) is 12.5. The first-order chi connectivity index (χ1) is 9.69. The van der Waals surface area contributed by atoms with Crippen LogP contribution in [0.1, 0.15) is 27.2 Å². The van der Waals surface area contributed by atoms with E-state index in [1.807, 2.05) is 13.8 Å². The van der Waals surface area contributed by atoms with E-state index in [2.05, 4.69) is 27.2 Å². The molecule has 1 rings (SSSR count). The molecule has 118 valence electrons. The number of rotatable bonds is 7. The Balaban J connectivity index is 3.06. The maximum atomic E-state index is 12.4. The number of sulfonamides is 1. The summed E-state index contributed by atoms with van der Waals surface area (Å²) in [6, 6.07) is 5.78. The predicted octanol–water partition coefficient (Wildman–Crippen LogP) is 3.08. The maximum Gasteiger partial charge on any atom is 0.240 e. The molecule has 0 aromatic heterocycles. The average Bonchev–Trinajstić information content (AvgIpc) is 2.43. The molecule has 1 aromatic rings. The van der Waals surface area contributed by atoms with Crippen molar-refractivity contribution in [1.82, 2.24) is 4.72 Å². The molecule has 0 aliphatic heterocycles. The van der Waals surface area contributed by atoms with Crippen LogP contribution in [0.15, 0.2) is 45.8 Å². The van der Waals surface area contributed by atoms with E-state index >= 15 is 0 Å². The quantitative estimate of drug-likeness (QED) is 0.719. The number of aliphatic hydroxyl groups excluding tert-OH is 1. The molecule has 0 spiro atoms. The molecule has 1 aromatic carbocycles. The standard InChI is InChI=1S/C15H22BrNO3S/c1-5-11(4)14(15(18)10(2)3)17-21(19,20)13-8-6-12(16)7-9-13/h6-9,11,14-15,17-18H,2,5H2,1,3-4H3/t11-,14-,15?/m0/s1. The monoisotopic (exact) mass is 375 g/mol. The van der Waals surface area contributed by atoms with E-state index in [-0.39, 0.29) is 10.8 Å². The summed E-state index contributed by atoms with van der Waals surface area (Å²) in [5.74, 6) is -0.0121. The first-order valence-corrected chi connectivity index (χ1v) is 9.08. The molecule has 0 bridgehead atoms. The third kappa shape index (κ3) is 4.92. The van der Waals surface area contributed by atoms with Gasteiger partial charge in [0.15, 0.2) is 0 Å². The number of benzene rings is 1. The SMILES string of the molecule is C=C(C)C(O)[C@@H](NS(=O)(=O)c1ccc(Br)cc1)[C@@H](C)CC. The molecular weight excluding hydrogens is 354 g/mol. The van der Waals surface area contributed by atoms with Crippen molar-refractivity contribution in [2.75, 3.05) is 0 Å². The number of aliphatic hydroxyl groups is 1. The van der Waals surface area contributed by atoms with Crippen LogP contribution in [0.25, 0.3) is 0 Å². The van der Waals surface area contributed by atoms with Crippen molar-refractivity contribution in [2.24, 2.45) is 5.92 Å². The van der Waals surface area contributed by atoms with Gasteiger partial charge in [0.1, 0.15) is 0 Å². The van der Waals surface area contributed by atoms with Crippen LogP contribution < -0.4 is 4.72 Å². The van der Waals surface area contributed by atoms with Crippen LogP contribution in [0.4, 0.5) is 0 Å². The fourth-order valence-corrected chi connectivity index (χ4v) is 3.53. The van der Waals surface area contributed by atoms with Crippen LogP contribution in [0.3, 0.4) is 0 Å². The van der Waals surface area contributed by atoms with Gasteiger partial charge in [0.25, 0.3) is 0 Å². The van der Waals surface area contributed by atoms with Gasteiger partial charge in [0.05, 0.1) is 17.0 Å². The van der Waals surface area contributed by atoms with Crippen molar-refractivity contribution in [3.05, 3.63) is 40.9 Å². The summed E-state index contributed by atoms with van der Waals surface area (Å²) >= 11 is 3.27. The van der Waals surface area contributed by atoms with Crippen LogP contribution >= 0.6 is 15.9 Å². The third-order valence-corrected chi connectivity index (χ3v) is 5.52. The molecule has 21 heavy (non-hydrogen) atoms. The minimum Gasteiger partial charge on any atom is -0.387 e. The molecule has 0 saturated heterocycles. The molecule has 0 fully saturated rings. The Morgan fingerprint density at radius 2 is 1.90 bits per heavy atom. The van der Waals surface area contributed by atoms with Crippen molar-refractivity contribution < 1.29 is 13.5 Å². The van der Waals surface area contributed by atoms with E-state index in [4.69, 9.17) is 0 Å². The second-order valence-electron chi connectivity index (χ2n) is 5.28. The lowest BCUT2D eigenvalue weighted by Gasteiger charge is -2.29. The van der Waals surface area contributed by atoms with Gasteiger partial charge in [-0.25, -0.2) is 13.1 Å². The molecule has 0 aliphatic rings. The highest BCUT2D eigenvalue weighted by Crippen LogP contribution is 2.20. The second kappa shape index (κ2) is 7.54. The Kier molecular flexibility index (Phi) is 6.59. The largest absolute Gasteiger partial charge is 0.387 e. The van der Waals surface area contributed by atoms with Gasteiger partial charge in [-0.2, -0.15) is 0 Å². The lowest BCUT2D eigenvalue weighted by Crippen LogP contribution is -2.47. The van der Waals surface area contributed by atoms with Crippen molar-refractivity contribution >= 4 is 26.0 Å². The van der Waals surface area contributed by atoms with Crippen LogP contribution in [0.5, 0.6) is 0 Å². The van der Waals surface area contributed by atoms with Gasteiger partial charge in [0.2, 0.25) is 10.0 Å². The molecule has 1 unspecified atom stereocenters. The number of hydrogen-bond donors (Lipinski definition) is 2. The van der Waals surface area contributed by atoms with E-state index in [9.17, 15) is 13.5 Å². The van der Waals surface area contributed by atoms with Gasteiger partial charge in [-0.3, -0.25) is 0 Å². The summed E-state index contributed by atoms with van der Waals surface area (Å²) in [6.07, 6.45) is -0.164. The van der Waals surface area contributed by atoms with Gasteiger partial charge in [-0.05, 0) is 37.1 Å². The first-order valence-electron chi connectivity index (χ1n) is 6.80. The van der Waals surface area contributed by atoms with Gasteiger partial charge in [0, 0.05) is 4.47 Å². The zero-order valence-corrected chi connectivity index (χ0v) is 14.9. The van der Waals surface area contributed by atoms with Crippen molar-refractivity contribution in [3.8, 4) is 0 Å². The predicted molar refractivity (Wildman–Crippen MR) is 88.5 cm³/mol. The van der Waals surface area contributed by atoms with Gasteiger partial charge in [-0.15, -0.1) is 0 Å². The Bertz CT molecular complexity index is 583. The van der Waals surface area contributed by atoms with E-state index < -0.39 is 22.2 Å². The fourth-order valence-electron chi connectivity index (χ4n) is 1.91. The summed E-state index contributed by atoms with van der Waals surface area (Å²) in [4.78, 5) is 0.174. The molecule has 4 nitrogen and oxygen atoms in total. The smallest absolute Gasteiger partial charge is 0.240 e. The van der Waals surface area contributed by atoms with Gasteiger partial charge >= 0.3 is 0 Å². The lowest BCUT2D eigenvalue weighted by molar-refractivity contribution is 0.142. The number of nitrogens with one attached hydrogen (secondary N) is 1. The summed E-state index contributed by atoms with van der Waals surface area (Å²) in [7, 11) is -3.68. The Labute approximate surface area is 135 Å². The molecule has 0 saturated carbocycles. The fraction of sp³-hybridized carbons (Fsp3) is 0.467. The highest BCUT2D eigenvalue weighted by Gasteiger charge is 2.29. The summed E-state index contributed by atoms with van der Waals surface area (Å²) in [5, 5.41) is 10.2. The molecule has 2 N–H and O–H groups in total. The normalized spacial score (nSPS) is 16.2. The molecular formula is C15H22BrNO3S. The van der Waals surface area contributed by atoms with Crippen molar-refractivity contribution in [3.63, 3.8) is 0 Å². The average molecular weight is 376 g/mol. The maximum absolute atomic E-state index is 12.4. The molecule has 0 radical (unpaired) electrons. The van der Waals surface area contributed by atoms with Crippen molar-refractivity contribution in [2.45, 2.75) is 44.2 Å². The second-order valence-corrected chi connectivity index (χ2v) is 7.91. The third-order valence-electron chi connectivity index (χ3n) is 3.52. The minimum atomic E-state index is -3.68. The molecule has 6 heteroatoms. The van der Waals surface area contributed by atoms with E-state index in [1.165, 1.54) is 12.1 Å². The first kappa shape index (κ1) is 18.4. The highest BCUT2D eigenvalue weighted by atomic mass is 79.9. The number of halogens is 1. The Hall–Kier alpha value is -0.690. The van der Waals surface area contributed by atoms with E-state index in [0.717, 1.165) is 10.9 Å². The number of hydrogen-bond acceptors (Lipinski definition) is 3. The van der Waals surface area contributed by atoms with E-state index in [1.54, 1.807) is 19.1 Å². The van der Waals surface area contributed by atoms with E-state index in [0.29, 0.717) is 5.57 Å². The Morgan fingerprint density at radius 3 is 2.33 bits per heavy atom. The summed E-state index contributed by atoms with van der Waals surface area (Å²) in [5.41, 5.74) is 0.541. The molecule has 3 atom stereocenters. The van der Waals surface area contributed by atoms with Crippen LogP contribution in [0.2, 0.25) is 0 Å². The molecule has 0 aliphatic carbocycles. The van der Waals surface area contributed by atoms with Crippen LogP contribution in [-0.2, 0) is 10.0 Å². The zero-order chi connectivity index (χ0) is 16.2. The van der Waals surface area contributed by atoms with Gasteiger partial charge < -0.3 is 5.11 Å². The van der Waals surface area contributed by atoms with Gasteiger partial charge in [-0.1, -0.05) is 48.4 Å². The molecule has 0 amide bonds. The lowest BCUT2D eigenvalue weighted by atomic mass is 9.92. The summed E-state index contributed by atoms with van der Waals surface area (Å²) in [6.45, 7) is 9.26. The highest BCUT2D eigenvalue weighted by molar-refractivity contribution is 9.10. The van der Waals surface area contributed by atoms with Crippen molar-refractivity contribution in [1.29, 1.82) is 0 Å². The summed E-state index contributed by atoms with van der Waals surface area (Å²) < 4.78 is 28.3. The minimum absolute atomic E-state index is 0.0121. The van der Waals surface area contributed by atoms with Crippen LogP contribution in [0, 0.1) is 5.92 Å².